The number of β-amino-alcohol motifs (C(OH)–C–C–N with tert-alkyl or cyclic N) is 1. The predicted molar refractivity (Wildman–Crippen MR) is 162 cm³/mol. The third kappa shape index (κ3) is 5.15. The summed E-state index contributed by atoms with van der Waals surface area (Å²) < 4.78 is 12.5. The molecule has 6 atom stereocenters. The Morgan fingerprint density at radius 1 is 1.14 bits per heavy atom. The first kappa shape index (κ1) is 31.8. The van der Waals surface area contributed by atoms with Crippen molar-refractivity contribution in [3.05, 3.63) is 49.6 Å². The lowest BCUT2D eigenvalue weighted by Crippen LogP contribution is -2.58. The molecule has 0 aromatic heterocycles. The SMILES string of the molecule is C=CCN(C(=O)[C@@H]1[C@H]2C(=O)N(CCO)C(C(=O)N(CC=C)C(C)CCC)C23CC[C@@]1(CC)O3)c1ccc(OCC)cc1. The maximum atomic E-state index is 14.6. The summed E-state index contributed by atoms with van der Waals surface area (Å²) in [6, 6.07) is 6.31. The van der Waals surface area contributed by atoms with Gasteiger partial charge in [-0.25, -0.2) is 0 Å². The Labute approximate surface area is 250 Å². The van der Waals surface area contributed by atoms with Crippen molar-refractivity contribution in [2.45, 2.75) is 83.1 Å². The van der Waals surface area contributed by atoms with Gasteiger partial charge in [-0.05, 0) is 63.8 Å². The molecular weight excluding hydrogens is 534 g/mol. The number of amides is 3. The molecule has 0 aliphatic carbocycles. The van der Waals surface area contributed by atoms with E-state index in [1.165, 1.54) is 4.90 Å². The van der Waals surface area contributed by atoms with Crippen LogP contribution >= 0.6 is 0 Å². The normalized spacial score (nSPS) is 28.4. The zero-order valence-corrected chi connectivity index (χ0v) is 25.6. The Hall–Kier alpha value is -3.17. The van der Waals surface area contributed by atoms with Crippen LogP contribution < -0.4 is 9.64 Å². The van der Waals surface area contributed by atoms with Crippen LogP contribution in [0.15, 0.2) is 49.6 Å². The van der Waals surface area contributed by atoms with Crippen molar-refractivity contribution in [3.8, 4) is 5.75 Å². The van der Waals surface area contributed by atoms with Gasteiger partial charge in [0.1, 0.15) is 17.4 Å². The number of hydrogen-bond acceptors (Lipinski definition) is 6. The summed E-state index contributed by atoms with van der Waals surface area (Å²) in [5.74, 6) is -1.65. The van der Waals surface area contributed by atoms with Gasteiger partial charge >= 0.3 is 0 Å². The number of aliphatic hydroxyl groups excluding tert-OH is 1. The minimum atomic E-state index is -1.15. The first-order valence-corrected chi connectivity index (χ1v) is 15.4. The summed E-state index contributed by atoms with van der Waals surface area (Å²) >= 11 is 0. The van der Waals surface area contributed by atoms with Crippen LogP contribution in [0.4, 0.5) is 5.69 Å². The standard InChI is InChI=1S/C33H47N3O6/c1-7-12-23(6)34(19-8-2)31(40)28-33-18-17-32(10-4,42-33)26(27(33)30(39)36(28)21-22-37)29(38)35(20-9-3)24-13-15-25(16-14-24)41-11-5/h8-9,13-16,23,26-28,37H,2-3,7,10-12,17-22H2,1,4-6H3/t23?,26-,27-,28?,32+,33?/m0/s1. The molecule has 1 N–H and O–H groups in total. The van der Waals surface area contributed by atoms with E-state index in [0.29, 0.717) is 43.9 Å². The molecule has 3 fully saturated rings. The van der Waals surface area contributed by atoms with Gasteiger partial charge in [-0.1, -0.05) is 32.4 Å². The Morgan fingerprint density at radius 3 is 2.40 bits per heavy atom. The number of fused-ring (bicyclic) bond motifs is 1. The quantitative estimate of drug-likeness (QED) is 0.315. The number of hydrogen-bond donors (Lipinski definition) is 1. The van der Waals surface area contributed by atoms with Crippen molar-refractivity contribution < 1.29 is 29.0 Å². The van der Waals surface area contributed by atoms with Crippen LogP contribution in [0.1, 0.15) is 59.8 Å². The molecule has 3 heterocycles. The summed E-state index contributed by atoms with van der Waals surface area (Å²) in [5, 5.41) is 9.98. The van der Waals surface area contributed by atoms with Crippen LogP contribution in [-0.2, 0) is 19.1 Å². The van der Waals surface area contributed by atoms with Gasteiger partial charge in [0, 0.05) is 31.4 Å². The molecule has 1 spiro atoms. The predicted octanol–water partition coefficient (Wildman–Crippen LogP) is 3.95. The summed E-state index contributed by atoms with van der Waals surface area (Å²) in [6.45, 7) is 16.5. The molecule has 2 bridgehead atoms. The van der Waals surface area contributed by atoms with Gasteiger partial charge in [-0.3, -0.25) is 14.4 Å². The maximum Gasteiger partial charge on any atom is 0.248 e. The van der Waals surface area contributed by atoms with E-state index >= 15 is 0 Å². The molecule has 3 amide bonds. The molecule has 1 aromatic carbocycles. The highest BCUT2D eigenvalue weighted by Gasteiger charge is 2.79. The van der Waals surface area contributed by atoms with E-state index in [9.17, 15) is 19.5 Å². The van der Waals surface area contributed by atoms with Crippen LogP contribution in [0, 0.1) is 11.8 Å². The molecule has 4 rings (SSSR count). The van der Waals surface area contributed by atoms with E-state index in [1.807, 2.05) is 45.0 Å². The first-order valence-electron chi connectivity index (χ1n) is 15.4. The van der Waals surface area contributed by atoms with Crippen molar-refractivity contribution in [2.24, 2.45) is 11.8 Å². The second kappa shape index (κ2) is 13.0. The zero-order chi connectivity index (χ0) is 30.7. The van der Waals surface area contributed by atoms with E-state index in [-0.39, 0.29) is 43.5 Å². The van der Waals surface area contributed by atoms with E-state index < -0.39 is 29.1 Å². The minimum Gasteiger partial charge on any atom is -0.494 e. The molecule has 3 unspecified atom stereocenters. The van der Waals surface area contributed by atoms with E-state index in [1.54, 1.807) is 22.0 Å². The van der Waals surface area contributed by atoms with Gasteiger partial charge in [0.05, 0.1) is 30.7 Å². The van der Waals surface area contributed by atoms with Gasteiger partial charge in [0.2, 0.25) is 17.7 Å². The van der Waals surface area contributed by atoms with Crippen molar-refractivity contribution >= 4 is 23.4 Å². The topological polar surface area (TPSA) is 99.6 Å². The molecule has 1 aromatic rings. The number of carbonyl (C=O) groups excluding carboxylic acids is 3. The lowest BCUT2D eigenvalue weighted by molar-refractivity contribution is -0.154. The lowest BCUT2D eigenvalue weighted by atomic mass is 9.64. The Balaban J connectivity index is 1.78. The highest BCUT2D eigenvalue weighted by atomic mass is 16.5. The average Bonchev–Trinajstić information content (AvgIpc) is 3.58. The van der Waals surface area contributed by atoms with Crippen molar-refractivity contribution in [2.75, 3.05) is 37.7 Å². The lowest BCUT2D eigenvalue weighted by Gasteiger charge is -2.38. The third-order valence-corrected chi connectivity index (χ3v) is 9.41. The molecule has 0 radical (unpaired) electrons. The van der Waals surface area contributed by atoms with Crippen molar-refractivity contribution in [3.63, 3.8) is 0 Å². The Kier molecular flexibility index (Phi) is 9.83. The average molecular weight is 582 g/mol. The van der Waals surface area contributed by atoms with Crippen molar-refractivity contribution in [1.82, 2.24) is 9.80 Å². The monoisotopic (exact) mass is 581 g/mol. The highest BCUT2D eigenvalue weighted by Crippen LogP contribution is 2.64. The summed E-state index contributed by atoms with van der Waals surface area (Å²) in [5.41, 5.74) is -1.35. The smallest absolute Gasteiger partial charge is 0.248 e. The van der Waals surface area contributed by atoms with Gasteiger partial charge in [-0.15, -0.1) is 13.2 Å². The number of rotatable bonds is 15. The maximum absolute atomic E-state index is 14.6. The fourth-order valence-corrected chi connectivity index (χ4v) is 7.59. The Bertz CT molecular complexity index is 1170. The molecule has 3 aliphatic rings. The second-order valence-corrected chi connectivity index (χ2v) is 11.7. The van der Waals surface area contributed by atoms with Crippen LogP contribution in [-0.4, -0.2) is 88.8 Å². The third-order valence-electron chi connectivity index (χ3n) is 9.41. The molecular formula is C33H47N3O6. The number of aliphatic hydroxyl groups is 1. The van der Waals surface area contributed by atoms with Gasteiger partial charge in [0.25, 0.3) is 0 Å². The van der Waals surface area contributed by atoms with Gasteiger partial charge in [-0.2, -0.15) is 0 Å². The summed E-state index contributed by atoms with van der Waals surface area (Å²) in [7, 11) is 0. The molecule has 3 aliphatic heterocycles. The zero-order valence-electron chi connectivity index (χ0n) is 25.6. The van der Waals surface area contributed by atoms with Crippen LogP contribution in [0.2, 0.25) is 0 Å². The number of nitrogens with zero attached hydrogens (tertiary/aromatic N) is 3. The highest BCUT2D eigenvalue weighted by molar-refractivity contribution is 6.03. The molecule has 230 valence electrons. The first-order chi connectivity index (χ1) is 20.2. The van der Waals surface area contributed by atoms with Gasteiger partial charge in [0.15, 0.2) is 0 Å². The van der Waals surface area contributed by atoms with Crippen molar-refractivity contribution in [1.29, 1.82) is 0 Å². The van der Waals surface area contributed by atoms with Gasteiger partial charge < -0.3 is 29.3 Å². The van der Waals surface area contributed by atoms with E-state index in [2.05, 4.69) is 20.1 Å². The minimum absolute atomic E-state index is 0.00373. The number of ether oxygens (including phenoxy) is 2. The molecule has 3 saturated heterocycles. The van der Waals surface area contributed by atoms with Crippen LogP contribution in [0.3, 0.4) is 0 Å². The molecule has 0 saturated carbocycles. The Morgan fingerprint density at radius 2 is 1.83 bits per heavy atom. The van der Waals surface area contributed by atoms with E-state index in [0.717, 1.165) is 12.8 Å². The van der Waals surface area contributed by atoms with E-state index in [4.69, 9.17) is 9.47 Å². The largest absolute Gasteiger partial charge is 0.494 e. The number of carbonyl (C=O) groups is 3. The fraction of sp³-hybridized carbons (Fsp3) is 0.606. The second-order valence-electron chi connectivity index (χ2n) is 11.7. The van der Waals surface area contributed by atoms with Crippen LogP contribution in [0.25, 0.3) is 0 Å². The number of likely N-dealkylation sites (tertiary alicyclic amines) is 1. The summed E-state index contributed by atoms with van der Waals surface area (Å²) in [4.78, 5) is 48.2. The fourth-order valence-electron chi connectivity index (χ4n) is 7.59. The number of benzene rings is 1. The molecule has 42 heavy (non-hydrogen) atoms. The number of anilines is 1. The van der Waals surface area contributed by atoms with Crippen LogP contribution in [0.5, 0.6) is 5.75 Å². The molecule has 9 heteroatoms. The molecule has 9 nitrogen and oxygen atoms in total. The summed E-state index contributed by atoms with van der Waals surface area (Å²) in [6.07, 6.45) is 6.66.